The summed E-state index contributed by atoms with van der Waals surface area (Å²) in [7, 11) is -3.76. The average Bonchev–Trinajstić information content (AvgIpc) is 3.29. The lowest BCUT2D eigenvalue weighted by atomic mass is 9.75. The highest BCUT2D eigenvalue weighted by atomic mass is 32.2. The second kappa shape index (κ2) is 7.56. The van der Waals surface area contributed by atoms with E-state index in [1.165, 1.54) is 4.31 Å². The third-order valence-corrected chi connectivity index (χ3v) is 8.22. The first-order valence-corrected chi connectivity index (χ1v) is 11.0. The van der Waals surface area contributed by atoms with E-state index in [-0.39, 0.29) is 23.3 Å². The van der Waals surface area contributed by atoms with Crippen molar-refractivity contribution in [2.24, 2.45) is 17.1 Å². The zero-order valence-corrected chi connectivity index (χ0v) is 16.8. The minimum absolute atomic E-state index is 0.0353. The maximum Gasteiger partial charge on any atom is 0.244 e. The van der Waals surface area contributed by atoms with Gasteiger partial charge in [0.05, 0.1) is 22.5 Å². The Morgan fingerprint density at radius 2 is 2.11 bits per heavy atom. The average molecular weight is 402 g/mol. The summed E-state index contributed by atoms with van der Waals surface area (Å²) in [5, 5.41) is 11.8. The Labute approximate surface area is 164 Å². The molecular formula is C20H23N3O2S2. The standard InChI is InChI=1S/C20H23N3O2S2/c1-3-15(18-10-7-11-26-18)12-17-19(22)23(14-20(17,2)13-21)27(24,25)16-8-5-4-6-9-16/h3-11,15,17,19H,1,12,14,22H2,2H3. The first kappa shape index (κ1) is 19.8. The van der Waals surface area contributed by atoms with Crippen molar-refractivity contribution in [2.75, 3.05) is 6.54 Å². The van der Waals surface area contributed by atoms with E-state index in [4.69, 9.17) is 5.73 Å². The highest BCUT2D eigenvalue weighted by molar-refractivity contribution is 7.89. The van der Waals surface area contributed by atoms with Crippen LogP contribution in [-0.4, -0.2) is 25.4 Å². The summed E-state index contributed by atoms with van der Waals surface area (Å²) in [4.78, 5) is 1.33. The van der Waals surface area contributed by atoms with Crippen LogP contribution in [0.3, 0.4) is 0 Å². The van der Waals surface area contributed by atoms with E-state index in [0.29, 0.717) is 6.42 Å². The van der Waals surface area contributed by atoms with Crippen LogP contribution in [-0.2, 0) is 10.0 Å². The molecule has 0 saturated carbocycles. The van der Waals surface area contributed by atoms with E-state index >= 15 is 0 Å². The molecule has 3 rings (SSSR count). The summed E-state index contributed by atoms with van der Waals surface area (Å²) in [6.45, 7) is 5.81. The number of benzene rings is 1. The zero-order chi connectivity index (χ0) is 19.7. The Kier molecular flexibility index (Phi) is 5.54. The topological polar surface area (TPSA) is 87.2 Å². The first-order valence-electron chi connectivity index (χ1n) is 8.73. The Morgan fingerprint density at radius 1 is 1.41 bits per heavy atom. The second-order valence-electron chi connectivity index (χ2n) is 7.08. The van der Waals surface area contributed by atoms with Gasteiger partial charge >= 0.3 is 0 Å². The lowest BCUT2D eigenvalue weighted by Crippen LogP contribution is -2.44. The van der Waals surface area contributed by atoms with Crippen LogP contribution in [0.2, 0.25) is 0 Å². The zero-order valence-electron chi connectivity index (χ0n) is 15.2. The molecule has 1 aliphatic rings. The fourth-order valence-corrected chi connectivity index (χ4v) is 6.24. The lowest BCUT2D eigenvalue weighted by molar-refractivity contribution is 0.273. The number of hydrogen-bond acceptors (Lipinski definition) is 5. The molecule has 2 N–H and O–H groups in total. The van der Waals surface area contributed by atoms with Crippen LogP contribution in [0, 0.1) is 22.7 Å². The van der Waals surface area contributed by atoms with Gasteiger partial charge in [-0.15, -0.1) is 17.9 Å². The molecule has 1 aromatic carbocycles. The monoisotopic (exact) mass is 401 g/mol. The van der Waals surface area contributed by atoms with E-state index in [1.54, 1.807) is 48.6 Å². The van der Waals surface area contributed by atoms with Gasteiger partial charge in [-0.05, 0) is 36.9 Å². The van der Waals surface area contributed by atoms with E-state index in [2.05, 4.69) is 12.6 Å². The minimum Gasteiger partial charge on any atom is -0.315 e. The summed E-state index contributed by atoms with van der Waals surface area (Å²) in [6.07, 6.45) is 1.67. The molecular weight excluding hydrogens is 378 g/mol. The molecule has 142 valence electrons. The van der Waals surface area contributed by atoms with Crippen molar-refractivity contribution in [3.05, 3.63) is 65.4 Å². The van der Waals surface area contributed by atoms with Crippen molar-refractivity contribution in [1.29, 1.82) is 5.26 Å². The molecule has 0 radical (unpaired) electrons. The number of nitriles is 1. The Bertz CT molecular complexity index is 935. The van der Waals surface area contributed by atoms with Gasteiger partial charge in [-0.3, -0.25) is 0 Å². The Morgan fingerprint density at radius 3 is 2.67 bits per heavy atom. The van der Waals surface area contributed by atoms with Crippen LogP contribution in [0.4, 0.5) is 0 Å². The molecule has 1 fully saturated rings. The van der Waals surface area contributed by atoms with Crippen LogP contribution < -0.4 is 5.73 Å². The van der Waals surface area contributed by atoms with Crippen LogP contribution in [0.25, 0.3) is 0 Å². The number of hydrogen-bond donors (Lipinski definition) is 1. The predicted molar refractivity (Wildman–Crippen MR) is 107 cm³/mol. The number of thiophene rings is 1. The molecule has 27 heavy (non-hydrogen) atoms. The summed E-state index contributed by atoms with van der Waals surface area (Å²) in [5.74, 6) is -0.265. The van der Waals surface area contributed by atoms with Gasteiger partial charge in [0.1, 0.15) is 0 Å². The molecule has 4 atom stereocenters. The predicted octanol–water partition coefficient (Wildman–Crippen LogP) is 3.54. The Balaban J connectivity index is 1.93. The van der Waals surface area contributed by atoms with E-state index < -0.39 is 21.6 Å². The fraction of sp³-hybridized carbons (Fsp3) is 0.350. The SMILES string of the molecule is C=CC(CC1C(N)N(S(=O)(=O)c2ccccc2)CC1(C)C#N)c1cccs1. The molecule has 1 saturated heterocycles. The molecule has 2 heterocycles. The molecule has 0 aliphatic carbocycles. The van der Waals surface area contributed by atoms with Crippen molar-refractivity contribution in [3.63, 3.8) is 0 Å². The third-order valence-electron chi connectivity index (χ3n) is 5.35. The summed E-state index contributed by atoms with van der Waals surface area (Å²) in [6, 6.07) is 14.6. The highest BCUT2D eigenvalue weighted by Gasteiger charge is 2.53. The molecule has 7 heteroatoms. The van der Waals surface area contributed by atoms with Crippen LogP contribution in [0.5, 0.6) is 0 Å². The summed E-state index contributed by atoms with van der Waals surface area (Å²) >= 11 is 1.62. The molecule has 0 bridgehead atoms. The number of allylic oxidation sites excluding steroid dienone is 1. The fourth-order valence-electron chi connectivity index (χ4n) is 3.72. The number of nitrogens with zero attached hydrogens (tertiary/aromatic N) is 2. The van der Waals surface area contributed by atoms with Crippen molar-refractivity contribution >= 4 is 21.4 Å². The van der Waals surface area contributed by atoms with Crippen LogP contribution in [0.15, 0.2) is 65.4 Å². The molecule has 5 nitrogen and oxygen atoms in total. The van der Waals surface area contributed by atoms with Gasteiger partial charge in [-0.25, -0.2) is 8.42 Å². The number of sulfonamides is 1. The molecule has 2 aromatic rings. The van der Waals surface area contributed by atoms with E-state index in [9.17, 15) is 13.7 Å². The maximum absolute atomic E-state index is 13.1. The molecule has 1 aromatic heterocycles. The molecule has 4 unspecified atom stereocenters. The normalized spacial score (nSPS) is 27.1. The third kappa shape index (κ3) is 3.58. The van der Waals surface area contributed by atoms with Gasteiger partial charge in [0, 0.05) is 23.3 Å². The van der Waals surface area contributed by atoms with Gasteiger partial charge in [-0.1, -0.05) is 30.3 Å². The van der Waals surface area contributed by atoms with Crippen molar-refractivity contribution < 1.29 is 8.42 Å². The minimum atomic E-state index is -3.76. The first-order chi connectivity index (χ1) is 12.8. The molecule has 0 amide bonds. The lowest BCUT2D eigenvalue weighted by Gasteiger charge is -2.28. The number of rotatable bonds is 6. The van der Waals surface area contributed by atoms with Gasteiger partial charge in [0.2, 0.25) is 10.0 Å². The number of nitrogens with two attached hydrogens (primary N) is 1. The Hall–Kier alpha value is -1.98. The summed E-state index contributed by atoms with van der Waals surface area (Å²) < 4.78 is 27.5. The van der Waals surface area contributed by atoms with Gasteiger partial charge < -0.3 is 5.73 Å². The smallest absolute Gasteiger partial charge is 0.244 e. The molecule has 1 aliphatic heterocycles. The summed E-state index contributed by atoms with van der Waals surface area (Å²) in [5.41, 5.74) is 5.56. The van der Waals surface area contributed by atoms with Gasteiger partial charge in [-0.2, -0.15) is 9.57 Å². The van der Waals surface area contributed by atoms with Gasteiger partial charge in [0.25, 0.3) is 0 Å². The van der Waals surface area contributed by atoms with Crippen molar-refractivity contribution in [3.8, 4) is 6.07 Å². The second-order valence-corrected chi connectivity index (χ2v) is 9.95. The van der Waals surface area contributed by atoms with Gasteiger partial charge in [0.15, 0.2) is 0 Å². The van der Waals surface area contributed by atoms with E-state index in [1.807, 2.05) is 23.6 Å². The van der Waals surface area contributed by atoms with Crippen LogP contribution >= 0.6 is 11.3 Å². The van der Waals surface area contributed by atoms with Crippen molar-refractivity contribution in [2.45, 2.75) is 30.3 Å². The highest BCUT2D eigenvalue weighted by Crippen LogP contribution is 2.45. The van der Waals surface area contributed by atoms with Crippen LogP contribution in [0.1, 0.15) is 24.1 Å². The quantitative estimate of drug-likeness (QED) is 0.750. The van der Waals surface area contributed by atoms with E-state index in [0.717, 1.165) is 4.88 Å². The maximum atomic E-state index is 13.1. The molecule has 0 spiro atoms. The van der Waals surface area contributed by atoms with Crippen molar-refractivity contribution in [1.82, 2.24) is 4.31 Å². The largest absolute Gasteiger partial charge is 0.315 e.